The Bertz CT molecular complexity index is 696. The van der Waals surface area contributed by atoms with Crippen LogP contribution in [0.4, 0.5) is 0 Å². The normalized spacial score (nSPS) is 20.8. The second-order valence-electron chi connectivity index (χ2n) is 6.11. The number of carbonyl (C=O) groups excluding carboxylic acids is 1. The van der Waals surface area contributed by atoms with E-state index in [1.165, 1.54) is 4.90 Å². The molecule has 24 heavy (non-hydrogen) atoms. The first-order valence-electron chi connectivity index (χ1n) is 8.36. The third-order valence-corrected chi connectivity index (χ3v) is 5.80. The highest BCUT2D eigenvalue weighted by Gasteiger charge is 2.28. The molecular formula is C18H22BrN2O2S+. The summed E-state index contributed by atoms with van der Waals surface area (Å²) in [5.41, 5.74) is 2.29. The number of hydrogen-bond donors (Lipinski definition) is 1. The van der Waals surface area contributed by atoms with Crippen molar-refractivity contribution in [2.45, 2.75) is 26.3 Å². The number of esters is 1. The van der Waals surface area contributed by atoms with Gasteiger partial charge in [-0.25, -0.2) is 4.98 Å². The molecule has 1 aliphatic heterocycles. The predicted molar refractivity (Wildman–Crippen MR) is 99.0 cm³/mol. The highest BCUT2D eigenvalue weighted by Crippen LogP contribution is 2.26. The van der Waals surface area contributed by atoms with E-state index in [2.05, 4.69) is 33.4 Å². The number of benzene rings is 1. The van der Waals surface area contributed by atoms with E-state index in [1.807, 2.05) is 19.1 Å². The smallest absolute Gasteiger partial charge is 0.309 e. The number of aromatic nitrogens is 1. The van der Waals surface area contributed by atoms with E-state index in [9.17, 15) is 4.79 Å². The van der Waals surface area contributed by atoms with Crippen molar-refractivity contribution in [1.82, 2.24) is 4.98 Å². The van der Waals surface area contributed by atoms with Crippen molar-refractivity contribution in [1.29, 1.82) is 0 Å². The maximum absolute atomic E-state index is 11.8. The molecule has 3 rings (SSSR count). The number of thiazole rings is 1. The molecule has 0 bridgehead atoms. The summed E-state index contributed by atoms with van der Waals surface area (Å²) in [5, 5.41) is 3.22. The van der Waals surface area contributed by atoms with Crippen LogP contribution in [0, 0.1) is 5.92 Å². The zero-order valence-electron chi connectivity index (χ0n) is 13.8. The largest absolute Gasteiger partial charge is 0.466 e. The molecule has 1 fully saturated rings. The van der Waals surface area contributed by atoms with Gasteiger partial charge in [-0.3, -0.25) is 4.79 Å². The van der Waals surface area contributed by atoms with Crippen LogP contribution < -0.4 is 4.90 Å². The van der Waals surface area contributed by atoms with Crippen LogP contribution in [0.3, 0.4) is 0 Å². The Balaban J connectivity index is 1.56. The average Bonchev–Trinajstić information content (AvgIpc) is 3.04. The van der Waals surface area contributed by atoms with Gasteiger partial charge in [-0.2, -0.15) is 0 Å². The minimum absolute atomic E-state index is 0.0258. The van der Waals surface area contributed by atoms with Gasteiger partial charge < -0.3 is 9.64 Å². The molecule has 2 heterocycles. The van der Waals surface area contributed by atoms with Crippen molar-refractivity contribution < 1.29 is 14.4 Å². The van der Waals surface area contributed by atoms with Crippen molar-refractivity contribution in [3.63, 3.8) is 0 Å². The van der Waals surface area contributed by atoms with Crippen LogP contribution >= 0.6 is 27.3 Å². The van der Waals surface area contributed by atoms with Crippen LogP contribution in [0.1, 0.15) is 25.5 Å². The fraction of sp³-hybridized carbons (Fsp3) is 0.444. The number of halogens is 1. The SMILES string of the molecule is CCOC(=O)C1CC[NH+](Cc2csc(-c3cccc(Br)c3)n2)CC1. The van der Waals surface area contributed by atoms with Gasteiger partial charge in [0.05, 0.1) is 25.6 Å². The fourth-order valence-corrected chi connectivity index (χ4v) is 4.31. The maximum Gasteiger partial charge on any atom is 0.309 e. The molecule has 1 N–H and O–H groups in total. The van der Waals surface area contributed by atoms with E-state index in [4.69, 9.17) is 9.72 Å². The molecule has 0 amide bonds. The lowest BCUT2D eigenvalue weighted by molar-refractivity contribution is -0.919. The van der Waals surface area contributed by atoms with Gasteiger partial charge >= 0.3 is 5.97 Å². The fourth-order valence-electron chi connectivity index (χ4n) is 3.10. The van der Waals surface area contributed by atoms with Gasteiger partial charge in [0.2, 0.25) is 0 Å². The van der Waals surface area contributed by atoms with E-state index in [0.717, 1.165) is 53.2 Å². The Labute approximate surface area is 155 Å². The number of ether oxygens (including phenoxy) is 1. The zero-order chi connectivity index (χ0) is 16.9. The summed E-state index contributed by atoms with van der Waals surface area (Å²) < 4.78 is 6.21. The number of carbonyl (C=O) groups is 1. The molecule has 0 saturated carbocycles. The van der Waals surface area contributed by atoms with Crippen LogP contribution in [-0.4, -0.2) is 30.6 Å². The van der Waals surface area contributed by atoms with Gasteiger partial charge in [0.25, 0.3) is 0 Å². The summed E-state index contributed by atoms with van der Waals surface area (Å²) >= 11 is 5.20. The van der Waals surface area contributed by atoms with E-state index >= 15 is 0 Å². The van der Waals surface area contributed by atoms with Crippen molar-refractivity contribution in [2.24, 2.45) is 5.92 Å². The van der Waals surface area contributed by atoms with Crippen LogP contribution in [0.15, 0.2) is 34.1 Å². The minimum Gasteiger partial charge on any atom is -0.466 e. The molecule has 1 aromatic heterocycles. The number of piperidine rings is 1. The van der Waals surface area contributed by atoms with Crippen molar-refractivity contribution in [2.75, 3.05) is 19.7 Å². The zero-order valence-corrected chi connectivity index (χ0v) is 16.2. The molecule has 0 unspecified atom stereocenters. The third kappa shape index (κ3) is 4.43. The van der Waals surface area contributed by atoms with Crippen molar-refractivity contribution >= 4 is 33.2 Å². The second-order valence-corrected chi connectivity index (χ2v) is 7.88. The molecule has 1 aliphatic rings. The predicted octanol–water partition coefficient (Wildman–Crippen LogP) is 2.93. The molecule has 128 valence electrons. The van der Waals surface area contributed by atoms with E-state index in [1.54, 1.807) is 11.3 Å². The molecule has 0 atom stereocenters. The second kappa shape index (κ2) is 8.23. The Morgan fingerprint density at radius 3 is 2.92 bits per heavy atom. The van der Waals surface area contributed by atoms with Gasteiger partial charge in [0, 0.05) is 28.3 Å². The summed E-state index contributed by atoms with van der Waals surface area (Å²) in [7, 11) is 0. The molecule has 0 spiro atoms. The third-order valence-electron chi connectivity index (χ3n) is 4.37. The first-order chi connectivity index (χ1) is 11.7. The molecular weight excluding hydrogens is 388 g/mol. The van der Waals surface area contributed by atoms with Crippen LogP contribution in [-0.2, 0) is 16.1 Å². The number of rotatable bonds is 5. The van der Waals surface area contributed by atoms with Gasteiger partial charge in [-0.1, -0.05) is 28.1 Å². The molecule has 1 saturated heterocycles. The lowest BCUT2D eigenvalue weighted by Gasteiger charge is -2.27. The van der Waals surface area contributed by atoms with Gasteiger partial charge in [-0.15, -0.1) is 11.3 Å². The number of nitrogens with zero attached hydrogens (tertiary/aromatic N) is 1. The summed E-state index contributed by atoms with van der Waals surface area (Å²) in [5.74, 6) is 0.0588. The Morgan fingerprint density at radius 1 is 1.42 bits per heavy atom. The van der Waals surface area contributed by atoms with E-state index in [-0.39, 0.29) is 11.9 Å². The van der Waals surface area contributed by atoms with Crippen LogP contribution in [0.25, 0.3) is 10.6 Å². The number of likely N-dealkylation sites (tertiary alicyclic amines) is 1. The minimum atomic E-state index is -0.0258. The highest BCUT2D eigenvalue weighted by molar-refractivity contribution is 9.10. The monoisotopic (exact) mass is 409 g/mol. The first-order valence-corrected chi connectivity index (χ1v) is 10.0. The van der Waals surface area contributed by atoms with Gasteiger partial charge in [0.15, 0.2) is 0 Å². The number of quaternary nitrogens is 1. The summed E-state index contributed by atoms with van der Waals surface area (Å²) in [6.07, 6.45) is 1.83. The molecule has 1 aromatic carbocycles. The van der Waals surface area contributed by atoms with Gasteiger partial charge in [-0.05, 0) is 19.1 Å². The van der Waals surface area contributed by atoms with Crippen LogP contribution in [0.2, 0.25) is 0 Å². The Kier molecular flexibility index (Phi) is 6.03. The quantitative estimate of drug-likeness (QED) is 0.771. The average molecular weight is 410 g/mol. The lowest BCUT2D eigenvalue weighted by Crippen LogP contribution is -3.11. The highest BCUT2D eigenvalue weighted by atomic mass is 79.9. The van der Waals surface area contributed by atoms with Crippen molar-refractivity contribution in [3.8, 4) is 10.6 Å². The van der Waals surface area contributed by atoms with Crippen LogP contribution in [0.5, 0.6) is 0 Å². The number of nitrogens with one attached hydrogen (secondary N) is 1. The molecule has 0 radical (unpaired) electrons. The summed E-state index contributed by atoms with van der Waals surface area (Å²) in [6.45, 7) is 5.28. The molecule has 4 nitrogen and oxygen atoms in total. The van der Waals surface area contributed by atoms with Gasteiger partial charge in [0.1, 0.15) is 17.2 Å². The summed E-state index contributed by atoms with van der Waals surface area (Å²) in [6, 6.07) is 8.24. The maximum atomic E-state index is 11.8. The first kappa shape index (κ1) is 17.6. The molecule has 0 aliphatic carbocycles. The van der Waals surface area contributed by atoms with Crippen molar-refractivity contribution in [3.05, 3.63) is 39.8 Å². The molecule has 2 aromatic rings. The summed E-state index contributed by atoms with van der Waals surface area (Å²) in [4.78, 5) is 18.1. The van der Waals surface area contributed by atoms with E-state index < -0.39 is 0 Å². The topological polar surface area (TPSA) is 43.6 Å². The lowest BCUT2D eigenvalue weighted by atomic mass is 9.97. The standard InChI is InChI=1S/C18H21BrN2O2S/c1-2-23-18(22)13-6-8-21(9-7-13)11-16-12-24-17(20-16)14-4-3-5-15(19)10-14/h3-5,10,12-13H,2,6-9,11H2,1H3/p+1. The number of hydrogen-bond acceptors (Lipinski definition) is 4. The van der Waals surface area contributed by atoms with E-state index in [0.29, 0.717) is 6.61 Å². The Morgan fingerprint density at radius 2 is 2.21 bits per heavy atom. The Hall–Kier alpha value is -1.24. The molecule has 6 heteroatoms.